The molecule has 0 radical (unpaired) electrons. The molecule has 0 atom stereocenters. The van der Waals surface area contributed by atoms with E-state index in [4.69, 9.17) is 17.5 Å². The molecule has 1 saturated carbocycles. The number of thiocarbonyl (C=S) groups is 1. The maximum Gasteiger partial charge on any atom is 0.419 e. The molecule has 198 valence electrons. The second kappa shape index (κ2) is 9.70. The summed E-state index contributed by atoms with van der Waals surface area (Å²) < 4.78 is 56.6. The van der Waals surface area contributed by atoms with Crippen LogP contribution in [0.1, 0.15) is 46.4 Å². The highest BCUT2D eigenvalue weighted by atomic mass is 32.1. The Kier molecular flexibility index (Phi) is 6.51. The van der Waals surface area contributed by atoms with Crippen molar-refractivity contribution in [3.05, 3.63) is 83.2 Å². The predicted octanol–water partition coefficient (Wildman–Crippen LogP) is 4.50. The largest absolute Gasteiger partial charge is 0.419 e. The minimum atomic E-state index is -4.91. The van der Waals surface area contributed by atoms with Crippen LogP contribution in [0.2, 0.25) is 0 Å². The van der Waals surface area contributed by atoms with Crippen LogP contribution in [0.15, 0.2) is 55.0 Å². The first-order chi connectivity index (χ1) is 18.6. The summed E-state index contributed by atoms with van der Waals surface area (Å²) in [5.74, 6) is -2.26. The fourth-order valence-corrected chi connectivity index (χ4v) is 5.17. The van der Waals surface area contributed by atoms with Crippen molar-refractivity contribution < 1.29 is 27.2 Å². The lowest BCUT2D eigenvalue weighted by Gasteiger charge is -2.43. The number of alkyl halides is 3. The second-order valence-electron chi connectivity index (χ2n) is 9.02. The van der Waals surface area contributed by atoms with Crippen LogP contribution in [0.5, 0.6) is 0 Å². The minimum Gasteiger partial charge on any atom is -0.348 e. The number of nitriles is 1. The van der Waals surface area contributed by atoms with Crippen LogP contribution in [-0.4, -0.2) is 32.4 Å². The zero-order chi connectivity index (χ0) is 27.9. The maximum absolute atomic E-state index is 15.9. The van der Waals surface area contributed by atoms with Crippen molar-refractivity contribution in [3.8, 4) is 6.07 Å². The van der Waals surface area contributed by atoms with Gasteiger partial charge >= 0.3 is 6.18 Å². The highest BCUT2D eigenvalue weighted by Crippen LogP contribution is 2.49. The number of carbonyl (C=O) groups is 2. The smallest absolute Gasteiger partial charge is 0.348 e. The van der Waals surface area contributed by atoms with Crippen LogP contribution in [0.3, 0.4) is 0 Å². The number of nitrogens with one attached hydrogen (secondary N) is 1. The van der Waals surface area contributed by atoms with E-state index in [9.17, 15) is 22.8 Å². The third-order valence-electron chi connectivity index (χ3n) is 6.80. The summed E-state index contributed by atoms with van der Waals surface area (Å²) in [6.45, 7) is 0.122. The number of hydrogen-bond donors (Lipinski definition) is 1. The number of nitrogens with zero attached hydrogens (tertiary/aromatic N) is 5. The Morgan fingerprint density at radius 1 is 1.21 bits per heavy atom. The van der Waals surface area contributed by atoms with E-state index in [1.807, 2.05) is 0 Å². The van der Waals surface area contributed by atoms with Gasteiger partial charge in [-0.3, -0.25) is 19.5 Å². The Morgan fingerprint density at radius 3 is 2.54 bits per heavy atom. The average Bonchev–Trinajstić information content (AvgIpc) is 3.13. The van der Waals surface area contributed by atoms with Crippen LogP contribution in [0.25, 0.3) is 0 Å². The SMILES string of the molecule is N#Cc1ncc(N2C(=O)C3(CCC3)N(c3cccc(C(=O)NCc4ccncc4)c3F)C2=S)cc1C(F)(F)F. The Morgan fingerprint density at radius 2 is 1.92 bits per heavy atom. The van der Waals surface area contributed by atoms with Gasteiger partial charge in [0.2, 0.25) is 0 Å². The van der Waals surface area contributed by atoms with Gasteiger partial charge in [0.15, 0.2) is 16.6 Å². The standard InChI is InChI=1S/C26H18F4N6O2S/c27-21-17(22(37)34-13-15-5-9-32-10-6-15)3-1-4-20(21)36-24(39)35(23(38)25(36)7-2-8-25)16-11-18(26(28,29)30)19(12-31)33-14-16/h1,3-6,9-11,14H,2,7-8,13H2,(H,34,37). The molecule has 1 spiro atoms. The van der Waals surface area contributed by atoms with E-state index in [0.29, 0.717) is 12.5 Å². The summed E-state index contributed by atoms with van der Waals surface area (Å²) in [5, 5.41) is 11.4. The molecule has 8 nitrogen and oxygen atoms in total. The Bertz CT molecular complexity index is 1540. The lowest BCUT2D eigenvalue weighted by molar-refractivity contribution is -0.138. The van der Waals surface area contributed by atoms with Crippen LogP contribution in [0, 0.1) is 17.1 Å². The Labute approximate surface area is 224 Å². The summed E-state index contributed by atoms with van der Waals surface area (Å²) in [6.07, 6.45) is 0.305. The van der Waals surface area contributed by atoms with E-state index in [1.54, 1.807) is 24.5 Å². The molecular formula is C26H18F4N6O2S. The lowest BCUT2D eigenvalue weighted by Crippen LogP contribution is -2.55. The molecule has 1 saturated heterocycles. The van der Waals surface area contributed by atoms with Gasteiger partial charge in [-0.1, -0.05) is 6.07 Å². The van der Waals surface area contributed by atoms with Gasteiger partial charge in [-0.15, -0.1) is 0 Å². The van der Waals surface area contributed by atoms with Gasteiger partial charge in [0.1, 0.15) is 11.6 Å². The number of rotatable bonds is 5. The molecule has 2 amide bonds. The van der Waals surface area contributed by atoms with Gasteiger partial charge in [0, 0.05) is 18.9 Å². The summed E-state index contributed by atoms with van der Waals surface area (Å²) in [6, 6.07) is 9.49. The molecule has 2 fully saturated rings. The topological polar surface area (TPSA) is 102 Å². The minimum absolute atomic E-state index is 0.122. The van der Waals surface area contributed by atoms with Gasteiger partial charge in [0.05, 0.1) is 28.7 Å². The fourth-order valence-electron chi connectivity index (χ4n) is 4.71. The molecule has 0 bridgehead atoms. The highest BCUT2D eigenvalue weighted by Gasteiger charge is 2.60. The second-order valence-corrected chi connectivity index (χ2v) is 9.38. The summed E-state index contributed by atoms with van der Waals surface area (Å²) in [5.41, 5.74) is -3.48. The molecule has 1 aromatic carbocycles. The van der Waals surface area contributed by atoms with Crippen molar-refractivity contribution in [3.63, 3.8) is 0 Å². The molecule has 1 N–H and O–H groups in total. The quantitative estimate of drug-likeness (QED) is 0.366. The van der Waals surface area contributed by atoms with E-state index in [2.05, 4.69) is 15.3 Å². The number of hydrogen-bond acceptors (Lipinski definition) is 6. The maximum atomic E-state index is 15.9. The molecule has 2 aromatic heterocycles. The number of benzene rings is 1. The molecule has 1 aliphatic heterocycles. The van der Waals surface area contributed by atoms with Crippen molar-refractivity contribution in [1.29, 1.82) is 5.26 Å². The van der Waals surface area contributed by atoms with Crippen molar-refractivity contribution >= 4 is 40.5 Å². The van der Waals surface area contributed by atoms with Gasteiger partial charge in [-0.2, -0.15) is 18.4 Å². The van der Waals surface area contributed by atoms with E-state index in [0.717, 1.165) is 16.7 Å². The number of aromatic nitrogens is 2. The number of halogens is 4. The Balaban J connectivity index is 1.51. The number of anilines is 2. The number of carbonyl (C=O) groups excluding carboxylic acids is 2. The van der Waals surface area contributed by atoms with Crippen molar-refractivity contribution in [2.24, 2.45) is 0 Å². The molecule has 39 heavy (non-hydrogen) atoms. The van der Waals surface area contributed by atoms with Crippen LogP contribution < -0.4 is 15.1 Å². The van der Waals surface area contributed by atoms with Gasteiger partial charge in [-0.25, -0.2) is 9.37 Å². The summed E-state index contributed by atoms with van der Waals surface area (Å²) in [7, 11) is 0. The number of pyridine rings is 2. The van der Waals surface area contributed by atoms with E-state index in [-0.39, 0.29) is 41.4 Å². The molecule has 5 rings (SSSR count). The molecule has 1 aliphatic carbocycles. The third kappa shape index (κ3) is 4.36. The first-order valence-electron chi connectivity index (χ1n) is 11.7. The summed E-state index contributed by atoms with van der Waals surface area (Å²) in [4.78, 5) is 36.1. The number of amides is 2. The predicted molar refractivity (Wildman–Crippen MR) is 135 cm³/mol. The van der Waals surface area contributed by atoms with Crippen LogP contribution in [-0.2, 0) is 17.5 Å². The van der Waals surface area contributed by atoms with Crippen molar-refractivity contribution in [2.75, 3.05) is 9.80 Å². The average molecular weight is 555 g/mol. The normalized spacial score (nSPS) is 16.3. The Hall–Kier alpha value is -4.44. The molecule has 2 aliphatic rings. The monoisotopic (exact) mass is 554 g/mol. The van der Waals surface area contributed by atoms with Gasteiger partial charge in [0.25, 0.3) is 11.8 Å². The summed E-state index contributed by atoms with van der Waals surface area (Å²) >= 11 is 5.52. The fraction of sp³-hybridized carbons (Fsp3) is 0.231. The third-order valence-corrected chi connectivity index (χ3v) is 7.17. The zero-order valence-electron chi connectivity index (χ0n) is 20.0. The van der Waals surface area contributed by atoms with Gasteiger partial charge < -0.3 is 10.2 Å². The van der Waals surface area contributed by atoms with Crippen molar-refractivity contribution in [1.82, 2.24) is 15.3 Å². The van der Waals surface area contributed by atoms with Crippen molar-refractivity contribution in [2.45, 2.75) is 37.5 Å². The van der Waals surface area contributed by atoms with E-state index < -0.39 is 40.6 Å². The van der Waals surface area contributed by atoms with Crippen LogP contribution in [0.4, 0.5) is 28.9 Å². The lowest BCUT2D eigenvalue weighted by atomic mass is 9.75. The molecular weight excluding hydrogens is 536 g/mol. The first-order valence-corrected chi connectivity index (χ1v) is 12.1. The molecule has 3 heterocycles. The van der Waals surface area contributed by atoms with Gasteiger partial charge in [-0.05, 0) is 67.4 Å². The molecule has 0 unspecified atom stereocenters. The first kappa shape index (κ1) is 26.2. The van der Waals surface area contributed by atoms with E-state index in [1.165, 1.54) is 29.2 Å². The zero-order valence-corrected chi connectivity index (χ0v) is 20.8. The van der Waals surface area contributed by atoms with Crippen LogP contribution >= 0.6 is 12.2 Å². The molecule has 13 heteroatoms. The highest BCUT2D eigenvalue weighted by molar-refractivity contribution is 7.81. The van der Waals surface area contributed by atoms with E-state index >= 15 is 4.39 Å². The molecule has 3 aromatic rings.